The van der Waals surface area contributed by atoms with Crippen LogP contribution in [-0.2, 0) is 13.1 Å². The van der Waals surface area contributed by atoms with Crippen molar-refractivity contribution >= 4 is 0 Å². The molecule has 1 N–H and O–H groups in total. The first-order valence-corrected chi connectivity index (χ1v) is 7.04. The molecule has 0 saturated heterocycles. The molecular formula is C14H25N3. The van der Waals surface area contributed by atoms with Gasteiger partial charge in [0.25, 0.3) is 0 Å². The Morgan fingerprint density at radius 3 is 2.88 bits per heavy atom. The predicted molar refractivity (Wildman–Crippen MR) is 70.8 cm³/mol. The third-order valence-electron chi connectivity index (χ3n) is 4.08. The van der Waals surface area contributed by atoms with Gasteiger partial charge in [-0.1, -0.05) is 19.3 Å². The summed E-state index contributed by atoms with van der Waals surface area (Å²) in [4.78, 5) is 4.40. The maximum absolute atomic E-state index is 4.40. The summed E-state index contributed by atoms with van der Waals surface area (Å²) in [6.07, 6.45) is 11.0. The highest BCUT2D eigenvalue weighted by molar-refractivity contribution is 4.92. The molecule has 0 radical (unpaired) electrons. The Labute approximate surface area is 105 Å². The standard InChI is InChI=1S/C14H25N3/c1-3-17-10-9-15-14(17)11-16-12(2)13-7-5-4-6-8-13/h9-10,12-13,16H,3-8,11H2,1-2H3/t12-/m1/s1. The topological polar surface area (TPSA) is 29.9 Å². The lowest BCUT2D eigenvalue weighted by Crippen LogP contribution is -2.34. The molecule has 0 spiro atoms. The van der Waals surface area contributed by atoms with Crippen LogP contribution in [0.3, 0.4) is 0 Å². The summed E-state index contributed by atoms with van der Waals surface area (Å²) >= 11 is 0. The van der Waals surface area contributed by atoms with Gasteiger partial charge in [-0.2, -0.15) is 0 Å². The molecule has 2 rings (SSSR count). The molecule has 0 aliphatic heterocycles. The first-order valence-electron chi connectivity index (χ1n) is 7.04. The van der Waals surface area contributed by atoms with Crippen LogP contribution in [0.15, 0.2) is 12.4 Å². The van der Waals surface area contributed by atoms with E-state index < -0.39 is 0 Å². The molecule has 1 aromatic heterocycles. The Hall–Kier alpha value is -0.830. The minimum atomic E-state index is 0.623. The minimum absolute atomic E-state index is 0.623. The van der Waals surface area contributed by atoms with Crippen molar-refractivity contribution < 1.29 is 0 Å². The summed E-state index contributed by atoms with van der Waals surface area (Å²) in [5.41, 5.74) is 0. The number of hydrogen-bond donors (Lipinski definition) is 1. The van der Waals surface area contributed by atoms with Crippen molar-refractivity contribution in [3.05, 3.63) is 18.2 Å². The van der Waals surface area contributed by atoms with E-state index in [-0.39, 0.29) is 0 Å². The maximum Gasteiger partial charge on any atom is 0.122 e. The fourth-order valence-corrected chi connectivity index (χ4v) is 2.85. The summed E-state index contributed by atoms with van der Waals surface area (Å²) in [6.45, 7) is 6.40. The normalized spacial score (nSPS) is 19.4. The Kier molecular flexibility index (Phi) is 4.60. The van der Waals surface area contributed by atoms with Crippen LogP contribution in [0.2, 0.25) is 0 Å². The molecule has 0 aromatic carbocycles. The van der Waals surface area contributed by atoms with Crippen LogP contribution >= 0.6 is 0 Å². The van der Waals surface area contributed by atoms with Crippen LogP contribution in [0.25, 0.3) is 0 Å². The van der Waals surface area contributed by atoms with E-state index in [1.807, 2.05) is 6.20 Å². The number of aromatic nitrogens is 2. The van der Waals surface area contributed by atoms with E-state index in [9.17, 15) is 0 Å². The highest BCUT2D eigenvalue weighted by atomic mass is 15.1. The number of aryl methyl sites for hydroxylation is 1. The van der Waals surface area contributed by atoms with E-state index in [4.69, 9.17) is 0 Å². The van der Waals surface area contributed by atoms with Crippen molar-refractivity contribution in [2.75, 3.05) is 0 Å². The molecule has 1 atom stereocenters. The molecule has 0 amide bonds. The van der Waals surface area contributed by atoms with Crippen LogP contribution in [0, 0.1) is 5.92 Å². The number of rotatable bonds is 5. The maximum atomic E-state index is 4.40. The molecular weight excluding hydrogens is 210 g/mol. The van der Waals surface area contributed by atoms with Gasteiger partial charge >= 0.3 is 0 Å². The van der Waals surface area contributed by atoms with Crippen LogP contribution in [-0.4, -0.2) is 15.6 Å². The first kappa shape index (κ1) is 12.6. The van der Waals surface area contributed by atoms with E-state index >= 15 is 0 Å². The molecule has 96 valence electrons. The summed E-state index contributed by atoms with van der Waals surface area (Å²) in [7, 11) is 0. The second-order valence-electron chi connectivity index (χ2n) is 5.20. The lowest BCUT2D eigenvalue weighted by molar-refractivity contribution is 0.278. The zero-order chi connectivity index (χ0) is 12.1. The van der Waals surface area contributed by atoms with E-state index in [1.54, 1.807) is 0 Å². The van der Waals surface area contributed by atoms with Crippen molar-refractivity contribution in [3.8, 4) is 0 Å². The van der Waals surface area contributed by atoms with E-state index in [2.05, 4.69) is 34.9 Å². The fourth-order valence-electron chi connectivity index (χ4n) is 2.85. The van der Waals surface area contributed by atoms with Crippen molar-refractivity contribution in [2.24, 2.45) is 5.92 Å². The molecule has 1 saturated carbocycles. The smallest absolute Gasteiger partial charge is 0.122 e. The Morgan fingerprint density at radius 2 is 2.18 bits per heavy atom. The second-order valence-corrected chi connectivity index (χ2v) is 5.20. The molecule has 1 fully saturated rings. The summed E-state index contributed by atoms with van der Waals surface area (Å²) in [6, 6.07) is 0.623. The molecule has 17 heavy (non-hydrogen) atoms. The van der Waals surface area contributed by atoms with Crippen LogP contribution in [0.1, 0.15) is 51.8 Å². The van der Waals surface area contributed by atoms with Crippen molar-refractivity contribution in [1.82, 2.24) is 14.9 Å². The van der Waals surface area contributed by atoms with E-state index in [0.717, 1.165) is 24.8 Å². The molecule has 3 heteroatoms. The second kappa shape index (κ2) is 6.20. The lowest BCUT2D eigenvalue weighted by atomic mass is 9.84. The van der Waals surface area contributed by atoms with Crippen molar-refractivity contribution in [3.63, 3.8) is 0 Å². The highest BCUT2D eigenvalue weighted by Crippen LogP contribution is 2.26. The average molecular weight is 235 g/mol. The van der Waals surface area contributed by atoms with Gasteiger partial charge in [-0.3, -0.25) is 0 Å². The van der Waals surface area contributed by atoms with Gasteiger partial charge in [0, 0.05) is 25.0 Å². The Morgan fingerprint density at radius 1 is 1.41 bits per heavy atom. The van der Waals surface area contributed by atoms with Crippen molar-refractivity contribution in [1.29, 1.82) is 0 Å². The molecule has 1 heterocycles. The lowest BCUT2D eigenvalue weighted by Gasteiger charge is -2.28. The summed E-state index contributed by atoms with van der Waals surface area (Å²) in [5, 5.41) is 3.65. The van der Waals surface area contributed by atoms with Crippen LogP contribution in [0.5, 0.6) is 0 Å². The third kappa shape index (κ3) is 3.32. The predicted octanol–water partition coefficient (Wildman–Crippen LogP) is 2.96. The van der Waals surface area contributed by atoms with Gasteiger partial charge in [0.05, 0.1) is 6.54 Å². The number of nitrogens with zero attached hydrogens (tertiary/aromatic N) is 2. The zero-order valence-corrected chi connectivity index (χ0v) is 11.2. The molecule has 0 unspecified atom stereocenters. The van der Waals surface area contributed by atoms with Gasteiger partial charge < -0.3 is 9.88 Å². The number of hydrogen-bond acceptors (Lipinski definition) is 2. The van der Waals surface area contributed by atoms with Crippen LogP contribution < -0.4 is 5.32 Å². The average Bonchev–Trinajstić information content (AvgIpc) is 2.84. The quantitative estimate of drug-likeness (QED) is 0.850. The minimum Gasteiger partial charge on any atom is -0.334 e. The SMILES string of the molecule is CCn1ccnc1CN[C@H](C)C1CCCCC1. The van der Waals surface area contributed by atoms with E-state index in [0.29, 0.717) is 6.04 Å². The van der Waals surface area contributed by atoms with E-state index in [1.165, 1.54) is 32.1 Å². The van der Waals surface area contributed by atoms with Crippen molar-refractivity contribution in [2.45, 2.75) is 65.1 Å². The Bertz CT molecular complexity index is 326. The Balaban J connectivity index is 1.80. The zero-order valence-electron chi connectivity index (χ0n) is 11.2. The molecule has 1 aliphatic carbocycles. The summed E-state index contributed by atoms with van der Waals surface area (Å²) in [5.74, 6) is 2.03. The van der Waals surface area contributed by atoms with Crippen LogP contribution in [0.4, 0.5) is 0 Å². The largest absolute Gasteiger partial charge is 0.334 e. The summed E-state index contributed by atoms with van der Waals surface area (Å²) < 4.78 is 2.21. The first-order chi connectivity index (χ1) is 8.31. The van der Waals surface area contributed by atoms with Gasteiger partial charge in [0.1, 0.15) is 5.82 Å². The fraction of sp³-hybridized carbons (Fsp3) is 0.786. The molecule has 3 nitrogen and oxygen atoms in total. The van der Waals surface area contributed by atoms with Gasteiger partial charge in [0.15, 0.2) is 0 Å². The third-order valence-corrected chi connectivity index (χ3v) is 4.08. The van der Waals surface area contributed by atoms with Gasteiger partial charge in [0.2, 0.25) is 0 Å². The monoisotopic (exact) mass is 235 g/mol. The molecule has 0 bridgehead atoms. The molecule has 1 aromatic rings. The highest BCUT2D eigenvalue weighted by Gasteiger charge is 2.19. The van der Waals surface area contributed by atoms with Gasteiger partial charge in [-0.05, 0) is 32.6 Å². The van der Waals surface area contributed by atoms with Gasteiger partial charge in [-0.15, -0.1) is 0 Å². The number of nitrogens with one attached hydrogen (secondary N) is 1. The van der Waals surface area contributed by atoms with Gasteiger partial charge in [-0.25, -0.2) is 4.98 Å². The molecule has 1 aliphatic rings. The number of imidazole rings is 1.